The molecule has 0 fully saturated rings. The third kappa shape index (κ3) is 10.1. The minimum absolute atomic E-state index is 0. The van der Waals surface area contributed by atoms with Crippen molar-refractivity contribution in [3.05, 3.63) is 100 Å². The van der Waals surface area contributed by atoms with Gasteiger partial charge in [0.15, 0.2) is 5.69 Å². The second-order valence-electron chi connectivity index (χ2n) is 14.2. The van der Waals surface area contributed by atoms with Crippen LogP contribution in [0.1, 0.15) is 75.8 Å². The molecule has 0 amide bonds. The average Bonchev–Trinajstić information content (AvgIpc) is 2.90. The van der Waals surface area contributed by atoms with Gasteiger partial charge in [-0.05, 0) is 37.2 Å². The van der Waals surface area contributed by atoms with E-state index in [1.54, 1.807) is 6.20 Å². The van der Waals surface area contributed by atoms with Crippen molar-refractivity contribution in [2.75, 3.05) is 0 Å². The molecule has 0 aliphatic rings. The molecule has 0 spiro atoms. The average molecular weight is 783 g/mol. The topological polar surface area (TPSA) is 70.6 Å². The van der Waals surface area contributed by atoms with Crippen LogP contribution in [0.2, 0.25) is 0 Å². The standard InChI is InChI=1S/C28H24N3.C11H24O2.Ir/c1-17-10-18(2)13-22(12-17)27-28(23-14-19(3)11-20(4)15-23)31-25(16-30-27)26-21(5)8-7-9-24(26)29-6;1-10(2,3)8(12)7-9(13)11(4,5)6;/h7-12,14-16H,1-5H3;8-9,12-13H,7H2,1-6H3;/q-1;;. The normalized spacial score (nSPS) is 12.7. The van der Waals surface area contributed by atoms with Crippen molar-refractivity contribution in [1.29, 1.82) is 0 Å². The second-order valence-corrected chi connectivity index (χ2v) is 14.2. The van der Waals surface area contributed by atoms with Crippen molar-refractivity contribution in [3.63, 3.8) is 0 Å². The van der Waals surface area contributed by atoms with E-state index in [-0.39, 0.29) is 30.9 Å². The van der Waals surface area contributed by atoms with Crippen LogP contribution in [0.4, 0.5) is 5.69 Å². The summed E-state index contributed by atoms with van der Waals surface area (Å²) in [5.41, 5.74) is 11.0. The molecular formula is C39H48IrN3O2-. The summed E-state index contributed by atoms with van der Waals surface area (Å²) in [6.45, 7) is 29.8. The third-order valence-electron chi connectivity index (χ3n) is 7.74. The van der Waals surface area contributed by atoms with Crippen LogP contribution >= 0.6 is 0 Å². The molecule has 2 atom stereocenters. The van der Waals surface area contributed by atoms with Gasteiger partial charge >= 0.3 is 0 Å². The van der Waals surface area contributed by atoms with E-state index in [1.807, 2.05) is 73.6 Å². The van der Waals surface area contributed by atoms with Gasteiger partial charge in [-0.15, -0.1) is 34.9 Å². The van der Waals surface area contributed by atoms with E-state index < -0.39 is 12.2 Å². The monoisotopic (exact) mass is 783 g/mol. The third-order valence-corrected chi connectivity index (χ3v) is 7.74. The van der Waals surface area contributed by atoms with Crippen LogP contribution in [-0.2, 0) is 20.1 Å². The minimum Gasteiger partial charge on any atom is -0.392 e. The minimum atomic E-state index is -0.443. The predicted octanol–water partition coefficient (Wildman–Crippen LogP) is 9.56. The first kappa shape index (κ1) is 38.0. The van der Waals surface area contributed by atoms with Crippen molar-refractivity contribution < 1.29 is 30.3 Å². The maximum Gasteiger partial charge on any atom is 0.196 e. The molecule has 45 heavy (non-hydrogen) atoms. The Bertz CT molecular complexity index is 1600. The molecule has 1 aromatic heterocycles. The Morgan fingerprint density at radius 3 is 1.87 bits per heavy atom. The van der Waals surface area contributed by atoms with Gasteiger partial charge in [0.25, 0.3) is 0 Å². The van der Waals surface area contributed by atoms with Crippen LogP contribution in [0.15, 0.2) is 54.7 Å². The fraction of sp³-hybridized carbons (Fsp3) is 0.410. The van der Waals surface area contributed by atoms with Crippen molar-refractivity contribution in [3.8, 4) is 33.8 Å². The SMILES string of the molecule is CC(C)(C)C(O)CC(O)C(C)(C)C.[C-]#[N+]c1cccc(C)c1-c1cnc(-c2[c-]c(C)cc(C)c2)c(-c2cc(C)cc(C)c2)n1.[Ir]. The summed E-state index contributed by atoms with van der Waals surface area (Å²) in [6.07, 6.45) is 1.35. The maximum absolute atomic E-state index is 9.76. The Morgan fingerprint density at radius 2 is 1.36 bits per heavy atom. The first-order chi connectivity index (χ1) is 20.4. The fourth-order valence-corrected chi connectivity index (χ4v) is 5.04. The van der Waals surface area contributed by atoms with Gasteiger partial charge in [0.1, 0.15) is 0 Å². The fourth-order valence-electron chi connectivity index (χ4n) is 5.04. The molecule has 4 rings (SSSR count). The van der Waals surface area contributed by atoms with Crippen LogP contribution in [0.25, 0.3) is 38.6 Å². The number of aliphatic hydroxyl groups is 2. The van der Waals surface area contributed by atoms with Crippen molar-refractivity contribution in [1.82, 2.24) is 9.97 Å². The van der Waals surface area contributed by atoms with E-state index in [4.69, 9.17) is 16.5 Å². The number of aliphatic hydroxyl groups excluding tert-OH is 2. The second kappa shape index (κ2) is 15.4. The molecule has 2 unspecified atom stereocenters. The molecule has 0 aliphatic carbocycles. The van der Waals surface area contributed by atoms with Crippen LogP contribution in [0.5, 0.6) is 0 Å². The zero-order valence-electron chi connectivity index (χ0n) is 28.6. The molecule has 3 aromatic carbocycles. The number of hydrogen-bond donors (Lipinski definition) is 2. The molecule has 0 bridgehead atoms. The largest absolute Gasteiger partial charge is 0.392 e. The van der Waals surface area contributed by atoms with Gasteiger partial charge in [-0.3, -0.25) is 4.98 Å². The van der Waals surface area contributed by atoms with Gasteiger partial charge < -0.3 is 15.2 Å². The first-order valence-electron chi connectivity index (χ1n) is 15.2. The molecule has 1 heterocycles. The van der Waals surface area contributed by atoms with E-state index in [0.717, 1.165) is 44.8 Å². The molecule has 0 aliphatic heterocycles. The van der Waals surface area contributed by atoms with Crippen molar-refractivity contribution in [2.24, 2.45) is 10.8 Å². The van der Waals surface area contributed by atoms with Gasteiger partial charge in [0.2, 0.25) is 0 Å². The molecule has 0 saturated heterocycles. The molecule has 0 saturated carbocycles. The van der Waals surface area contributed by atoms with Gasteiger partial charge in [-0.1, -0.05) is 108 Å². The number of benzene rings is 3. The summed E-state index contributed by atoms with van der Waals surface area (Å²) >= 11 is 0. The van der Waals surface area contributed by atoms with Crippen LogP contribution < -0.4 is 0 Å². The van der Waals surface area contributed by atoms with E-state index in [9.17, 15) is 10.2 Å². The van der Waals surface area contributed by atoms with Crippen LogP contribution in [0.3, 0.4) is 0 Å². The van der Waals surface area contributed by atoms with E-state index in [0.29, 0.717) is 17.8 Å². The van der Waals surface area contributed by atoms with E-state index in [2.05, 4.69) is 62.0 Å². The van der Waals surface area contributed by atoms with Crippen molar-refractivity contribution in [2.45, 2.75) is 94.8 Å². The molecule has 2 N–H and O–H groups in total. The number of aromatic nitrogens is 2. The van der Waals surface area contributed by atoms with Gasteiger partial charge in [-0.2, -0.15) is 0 Å². The molecule has 6 heteroatoms. The zero-order chi connectivity index (χ0) is 33.0. The Kier molecular flexibility index (Phi) is 13.0. The van der Waals surface area contributed by atoms with Gasteiger partial charge in [0.05, 0.1) is 30.2 Å². The summed E-state index contributed by atoms with van der Waals surface area (Å²) < 4.78 is 0. The summed E-state index contributed by atoms with van der Waals surface area (Å²) in [7, 11) is 0. The Hall–Kier alpha value is -3.20. The number of rotatable bonds is 5. The van der Waals surface area contributed by atoms with Gasteiger partial charge in [0, 0.05) is 44.0 Å². The number of hydrogen-bond acceptors (Lipinski definition) is 4. The van der Waals surface area contributed by atoms with Crippen LogP contribution in [-0.4, -0.2) is 32.4 Å². The zero-order valence-corrected chi connectivity index (χ0v) is 31.0. The quantitative estimate of drug-likeness (QED) is 0.198. The van der Waals surface area contributed by atoms with E-state index in [1.165, 1.54) is 11.1 Å². The smallest absolute Gasteiger partial charge is 0.196 e. The Labute approximate surface area is 284 Å². The molecule has 241 valence electrons. The van der Waals surface area contributed by atoms with Crippen molar-refractivity contribution >= 4 is 5.69 Å². The molecule has 1 radical (unpaired) electrons. The summed E-state index contributed by atoms with van der Waals surface area (Å²) in [5.74, 6) is 0. The Morgan fingerprint density at radius 1 is 0.800 bits per heavy atom. The van der Waals surface area contributed by atoms with Gasteiger partial charge in [-0.25, -0.2) is 4.85 Å². The maximum atomic E-state index is 9.76. The molecule has 4 aromatic rings. The molecule has 5 nitrogen and oxygen atoms in total. The number of nitrogens with zero attached hydrogens (tertiary/aromatic N) is 3. The van der Waals surface area contributed by atoms with Crippen LogP contribution in [0, 0.1) is 58.1 Å². The Balaban J connectivity index is 0.000000430. The summed E-state index contributed by atoms with van der Waals surface area (Å²) in [6, 6.07) is 19.8. The summed E-state index contributed by atoms with van der Waals surface area (Å²) in [4.78, 5) is 13.7. The predicted molar refractivity (Wildman–Crippen MR) is 183 cm³/mol. The molecular weight excluding hydrogens is 735 g/mol. The number of aryl methyl sites for hydroxylation is 5. The first-order valence-corrected chi connectivity index (χ1v) is 15.2. The summed E-state index contributed by atoms with van der Waals surface area (Å²) in [5, 5.41) is 19.5. The van der Waals surface area contributed by atoms with E-state index >= 15 is 0 Å².